The summed E-state index contributed by atoms with van der Waals surface area (Å²) < 4.78 is 35.5. The molecule has 73 heavy (non-hydrogen) atoms. The molecule has 0 aliphatic carbocycles. The van der Waals surface area contributed by atoms with Crippen LogP contribution in [0.1, 0.15) is 227 Å². The van der Waals surface area contributed by atoms with Gasteiger partial charge in [0.15, 0.2) is 12.6 Å². The topological polar surface area (TPSA) is 136 Å². The molecule has 0 saturated carbocycles. The zero-order valence-electron chi connectivity index (χ0n) is 47.6. The first kappa shape index (κ1) is 70.6. The molecule has 0 atom stereocenters. The first-order valence-electron chi connectivity index (χ1n) is 30.0. The molecule has 0 unspecified atom stereocenters. The van der Waals surface area contributed by atoms with Crippen LogP contribution in [0.5, 0.6) is 0 Å². The van der Waals surface area contributed by atoms with E-state index in [4.69, 9.17) is 28.4 Å². The molecule has 0 aromatic heterocycles. The van der Waals surface area contributed by atoms with Crippen LogP contribution in [0.25, 0.3) is 0 Å². The van der Waals surface area contributed by atoms with Crippen LogP contribution in [0.3, 0.4) is 0 Å². The molecule has 0 aliphatic rings. The maximum Gasteiger partial charge on any atom is 0.305 e. The zero-order chi connectivity index (χ0) is 53.2. The monoisotopic (exact) mass is 1030 g/mol. The van der Waals surface area contributed by atoms with E-state index in [9.17, 15) is 19.8 Å². The number of ether oxygens (including phenoxy) is 6. The number of carbonyl (C=O) groups excluding carboxylic acids is 2. The summed E-state index contributed by atoms with van der Waals surface area (Å²) in [5, 5.41) is 19.0. The van der Waals surface area contributed by atoms with Crippen LogP contribution >= 0.6 is 0 Å². The Morgan fingerprint density at radius 3 is 1.01 bits per heavy atom. The number of unbranched alkanes of at least 4 members (excludes halogenated alkanes) is 16. The molecule has 12 nitrogen and oxygen atoms in total. The molecule has 12 heteroatoms. The van der Waals surface area contributed by atoms with Crippen molar-refractivity contribution in [3.05, 3.63) is 48.6 Å². The summed E-state index contributed by atoms with van der Waals surface area (Å²) >= 11 is 0. The number of esters is 2. The molecule has 0 radical (unpaired) electrons. The van der Waals surface area contributed by atoms with Crippen LogP contribution in [-0.4, -0.2) is 137 Å². The van der Waals surface area contributed by atoms with Crippen molar-refractivity contribution in [2.24, 2.45) is 0 Å². The highest BCUT2D eigenvalue weighted by atomic mass is 16.7. The minimum atomic E-state index is -0.376. The van der Waals surface area contributed by atoms with E-state index in [1.54, 1.807) is 0 Å². The molecule has 0 spiro atoms. The Bertz CT molecular complexity index is 1150. The molecule has 0 aromatic rings. The van der Waals surface area contributed by atoms with E-state index in [1.807, 2.05) is 0 Å². The van der Waals surface area contributed by atoms with Gasteiger partial charge in [-0.25, -0.2) is 0 Å². The van der Waals surface area contributed by atoms with E-state index >= 15 is 0 Å². The largest absolute Gasteiger partial charge is 0.466 e. The van der Waals surface area contributed by atoms with E-state index in [0.717, 1.165) is 200 Å². The molecular weight excluding hydrogens is 921 g/mol. The number of aliphatic hydroxyl groups excluding tert-OH is 2. The van der Waals surface area contributed by atoms with Crippen molar-refractivity contribution in [1.29, 1.82) is 0 Å². The summed E-state index contributed by atoms with van der Waals surface area (Å²) in [5.41, 5.74) is 0. The number of hydrogen-bond donors (Lipinski definition) is 2. The summed E-state index contributed by atoms with van der Waals surface area (Å²) in [7, 11) is 0. The van der Waals surface area contributed by atoms with Gasteiger partial charge < -0.3 is 43.5 Å². The molecule has 0 amide bonds. The Morgan fingerprint density at radius 1 is 0.356 bits per heavy atom. The van der Waals surface area contributed by atoms with Crippen molar-refractivity contribution < 1.29 is 48.2 Å². The number of allylic oxidation sites excluding steroid dienone is 8. The lowest BCUT2D eigenvalue weighted by Crippen LogP contribution is -2.38. The number of aliphatic hydroxyl groups is 2. The lowest BCUT2D eigenvalue weighted by atomic mass is 10.1. The van der Waals surface area contributed by atoms with Gasteiger partial charge in [0.1, 0.15) is 0 Å². The molecular formula is C61H114N2O10. The van der Waals surface area contributed by atoms with Gasteiger partial charge in [-0.05, 0) is 148 Å². The fraction of sp³-hybridized carbons (Fsp3) is 0.836. The quantitative estimate of drug-likeness (QED) is 0.0260. The number of carbonyl (C=O) groups is 2. The van der Waals surface area contributed by atoms with Crippen molar-refractivity contribution in [3.8, 4) is 0 Å². The first-order chi connectivity index (χ1) is 35.9. The summed E-state index contributed by atoms with van der Waals surface area (Å²) in [6, 6.07) is 0. The van der Waals surface area contributed by atoms with Crippen LogP contribution in [0.4, 0.5) is 0 Å². The predicted octanol–water partition coefficient (Wildman–Crippen LogP) is 13.8. The van der Waals surface area contributed by atoms with Crippen molar-refractivity contribution in [1.82, 2.24) is 9.80 Å². The van der Waals surface area contributed by atoms with Gasteiger partial charge in [-0.2, -0.15) is 0 Å². The Hall–Kier alpha value is -2.42. The highest BCUT2D eigenvalue weighted by Gasteiger charge is 2.16. The molecule has 0 fully saturated rings. The second kappa shape index (κ2) is 58.8. The van der Waals surface area contributed by atoms with E-state index in [1.165, 1.54) is 0 Å². The third kappa shape index (κ3) is 52.8. The van der Waals surface area contributed by atoms with Gasteiger partial charge in [-0.1, -0.05) is 115 Å². The van der Waals surface area contributed by atoms with Gasteiger partial charge >= 0.3 is 11.9 Å². The van der Waals surface area contributed by atoms with E-state index in [-0.39, 0.29) is 37.7 Å². The average Bonchev–Trinajstić information content (AvgIpc) is 3.39. The van der Waals surface area contributed by atoms with Crippen LogP contribution in [0, 0.1) is 0 Å². The van der Waals surface area contributed by atoms with Gasteiger partial charge in [0.2, 0.25) is 0 Å². The van der Waals surface area contributed by atoms with Crippen molar-refractivity contribution in [2.45, 2.75) is 239 Å². The Kier molecular flexibility index (Phi) is 56.9. The molecule has 0 saturated heterocycles. The molecule has 2 N–H and O–H groups in total. The van der Waals surface area contributed by atoms with Crippen molar-refractivity contribution >= 4 is 11.9 Å². The zero-order valence-corrected chi connectivity index (χ0v) is 47.6. The summed E-state index contributed by atoms with van der Waals surface area (Å²) in [4.78, 5) is 30.1. The fourth-order valence-electron chi connectivity index (χ4n) is 8.20. The van der Waals surface area contributed by atoms with Gasteiger partial charge in [0, 0.05) is 72.1 Å². The predicted molar refractivity (Wildman–Crippen MR) is 303 cm³/mol. The number of hydrogen-bond acceptors (Lipinski definition) is 12. The average molecular weight is 1040 g/mol. The Balaban J connectivity index is 4.64. The molecule has 0 rings (SSSR count). The van der Waals surface area contributed by atoms with Crippen LogP contribution in [-0.2, 0) is 38.0 Å². The van der Waals surface area contributed by atoms with Gasteiger partial charge in [-0.15, -0.1) is 0 Å². The summed E-state index contributed by atoms with van der Waals surface area (Å²) in [6.07, 6.45) is 46.6. The molecule has 0 bridgehead atoms. The molecule has 0 aromatic carbocycles. The third-order valence-electron chi connectivity index (χ3n) is 12.6. The van der Waals surface area contributed by atoms with Gasteiger partial charge in [0.05, 0.1) is 32.7 Å². The second-order valence-corrected chi connectivity index (χ2v) is 19.4. The lowest BCUT2D eigenvalue weighted by Gasteiger charge is -2.27. The first-order valence-corrected chi connectivity index (χ1v) is 30.0. The SMILES string of the molecule is CC/C=C\CCCCOC(CCC(=O)OCCCCCCCN(CCCCCCCOC(=O)CCC(OCCCC/C=C\CC)OCCCC/C=C\CC)CCN(CCO)CCCO)OCCCC/C=C\CC. The maximum atomic E-state index is 12.7. The second-order valence-electron chi connectivity index (χ2n) is 19.4. The van der Waals surface area contributed by atoms with Crippen LogP contribution in [0.15, 0.2) is 48.6 Å². The third-order valence-corrected chi connectivity index (χ3v) is 12.6. The highest BCUT2D eigenvalue weighted by Crippen LogP contribution is 2.14. The minimum absolute atomic E-state index is 0.118. The normalized spacial score (nSPS) is 12.3. The van der Waals surface area contributed by atoms with Crippen LogP contribution in [0.2, 0.25) is 0 Å². The van der Waals surface area contributed by atoms with E-state index in [0.29, 0.717) is 78.3 Å². The van der Waals surface area contributed by atoms with E-state index in [2.05, 4.69) is 86.1 Å². The molecule has 428 valence electrons. The van der Waals surface area contributed by atoms with Gasteiger partial charge in [0.25, 0.3) is 0 Å². The molecule has 0 aliphatic heterocycles. The van der Waals surface area contributed by atoms with Crippen molar-refractivity contribution in [2.75, 3.05) is 92.1 Å². The Labute approximate surface area is 448 Å². The highest BCUT2D eigenvalue weighted by molar-refractivity contribution is 5.69. The van der Waals surface area contributed by atoms with Gasteiger partial charge in [-0.3, -0.25) is 14.5 Å². The standard InChI is InChI=1S/C61H114N2O10/c1-5-9-13-17-25-35-54-70-60(71-55-36-26-18-14-10-6-2)42-40-58(66)68-52-33-29-21-23-31-44-62(47-48-63(49-51-65)46-39-50-64)45-32-24-22-30-34-53-69-59(67)41-43-61(72-56-37-27-19-15-11-7-3)73-57-38-28-20-16-12-8-4/h9-16,60-61,64-65H,5-8,17-57H2,1-4H3/b13-9-,14-10-,15-11-,16-12-. The van der Waals surface area contributed by atoms with Crippen molar-refractivity contribution in [3.63, 3.8) is 0 Å². The Morgan fingerprint density at radius 2 is 0.671 bits per heavy atom. The fourth-order valence-corrected chi connectivity index (χ4v) is 8.20. The van der Waals surface area contributed by atoms with E-state index < -0.39 is 0 Å². The molecule has 0 heterocycles. The summed E-state index contributed by atoms with van der Waals surface area (Å²) in [5.74, 6) is -0.359. The number of nitrogens with zero attached hydrogens (tertiary/aromatic N) is 2. The lowest BCUT2D eigenvalue weighted by molar-refractivity contribution is -0.159. The maximum absolute atomic E-state index is 12.7. The van der Waals surface area contributed by atoms with Crippen LogP contribution < -0.4 is 0 Å². The smallest absolute Gasteiger partial charge is 0.305 e. The number of rotatable bonds is 58. The summed E-state index contributed by atoms with van der Waals surface area (Å²) in [6.45, 7) is 17.6. The minimum Gasteiger partial charge on any atom is -0.466 e.